The minimum absolute atomic E-state index is 0.0817. The molecule has 0 radical (unpaired) electrons. The molecule has 176 valence electrons. The van der Waals surface area contributed by atoms with Gasteiger partial charge in [-0.1, -0.05) is 23.7 Å². The molecule has 8 nitrogen and oxygen atoms in total. The standard InChI is InChI=1S/C25H24ClN3O5/c1-15(2)34-25(33)17-8-6-10-19(14-17)29-23(31)20(26)21(24(29)32)27-18-9-5-7-16(13-18)22(30)28-11-3-4-12-28/h5-10,13-15,27H,3-4,11-12H2,1-2H3. The largest absolute Gasteiger partial charge is 0.459 e. The predicted molar refractivity (Wildman–Crippen MR) is 128 cm³/mol. The highest BCUT2D eigenvalue weighted by Crippen LogP contribution is 2.31. The maximum absolute atomic E-state index is 13.1. The number of amides is 3. The average Bonchev–Trinajstić information content (AvgIpc) is 3.42. The van der Waals surface area contributed by atoms with Crippen LogP contribution in [0.2, 0.25) is 0 Å². The van der Waals surface area contributed by atoms with E-state index in [0.717, 1.165) is 30.8 Å². The fourth-order valence-corrected chi connectivity index (χ4v) is 4.09. The molecule has 0 bridgehead atoms. The Labute approximate surface area is 202 Å². The first-order valence-electron chi connectivity index (χ1n) is 11.0. The van der Waals surface area contributed by atoms with Gasteiger partial charge in [0.25, 0.3) is 17.7 Å². The Kier molecular flexibility index (Phi) is 6.70. The number of anilines is 2. The van der Waals surface area contributed by atoms with Crippen LogP contribution in [0.5, 0.6) is 0 Å². The molecule has 9 heteroatoms. The summed E-state index contributed by atoms with van der Waals surface area (Å²) in [5.74, 6) is -2.02. The molecule has 1 saturated heterocycles. The summed E-state index contributed by atoms with van der Waals surface area (Å²) in [6.07, 6.45) is 1.65. The molecule has 0 saturated carbocycles. The number of nitrogens with one attached hydrogen (secondary N) is 1. The van der Waals surface area contributed by atoms with Gasteiger partial charge in [0.1, 0.15) is 10.7 Å². The number of hydrogen-bond acceptors (Lipinski definition) is 6. The number of benzene rings is 2. The first-order valence-corrected chi connectivity index (χ1v) is 11.4. The SMILES string of the molecule is CC(C)OC(=O)c1cccc(N2C(=O)C(Cl)=C(Nc3cccc(C(=O)N4CCCC4)c3)C2=O)c1. The van der Waals surface area contributed by atoms with Crippen LogP contribution in [0.3, 0.4) is 0 Å². The quantitative estimate of drug-likeness (QED) is 0.496. The maximum atomic E-state index is 13.1. The summed E-state index contributed by atoms with van der Waals surface area (Å²) in [6.45, 7) is 4.90. The fourth-order valence-electron chi connectivity index (χ4n) is 3.88. The third kappa shape index (κ3) is 4.68. The number of carbonyl (C=O) groups excluding carboxylic acids is 4. The summed E-state index contributed by atoms with van der Waals surface area (Å²) in [5.41, 5.74) is 1.23. The van der Waals surface area contributed by atoms with Crippen molar-refractivity contribution in [1.29, 1.82) is 0 Å². The van der Waals surface area contributed by atoms with Crippen molar-refractivity contribution in [2.75, 3.05) is 23.3 Å². The fraction of sp³-hybridized carbons (Fsp3) is 0.280. The molecule has 2 aromatic rings. The highest BCUT2D eigenvalue weighted by Gasteiger charge is 2.39. The number of hydrogen-bond donors (Lipinski definition) is 1. The number of likely N-dealkylation sites (tertiary alicyclic amines) is 1. The average molecular weight is 482 g/mol. The van der Waals surface area contributed by atoms with Crippen LogP contribution in [0.4, 0.5) is 11.4 Å². The van der Waals surface area contributed by atoms with Gasteiger partial charge in [-0.3, -0.25) is 14.4 Å². The van der Waals surface area contributed by atoms with Crippen molar-refractivity contribution in [2.24, 2.45) is 0 Å². The van der Waals surface area contributed by atoms with E-state index in [1.807, 2.05) is 0 Å². The summed E-state index contributed by atoms with van der Waals surface area (Å²) in [6, 6.07) is 12.7. The van der Waals surface area contributed by atoms with E-state index in [2.05, 4.69) is 5.32 Å². The number of esters is 1. The van der Waals surface area contributed by atoms with E-state index in [-0.39, 0.29) is 34.0 Å². The summed E-state index contributed by atoms with van der Waals surface area (Å²) in [5, 5.41) is 2.61. The molecule has 2 aromatic carbocycles. The van der Waals surface area contributed by atoms with E-state index in [1.54, 1.807) is 49.1 Å². The molecule has 0 atom stereocenters. The Hall–Kier alpha value is -3.65. The van der Waals surface area contributed by atoms with Crippen molar-refractivity contribution in [1.82, 2.24) is 4.90 Å². The Morgan fingerprint density at radius 1 is 0.971 bits per heavy atom. The van der Waals surface area contributed by atoms with Crippen LogP contribution in [0.25, 0.3) is 0 Å². The normalized spacial score (nSPS) is 16.0. The van der Waals surface area contributed by atoms with Gasteiger partial charge in [-0.15, -0.1) is 0 Å². The number of rotatable bonds is 6. The van der Waals surface area contributed by atoms with Gasteiger partial charge in [-0.05, 0) is 63.1 Å². The molecule has 34 heavy (non-hydrogen) atoms. The van der Waals surface area contributed by atoms with Gasteiger partial charge in [0.05, 0.1) is 17.4 Å². The van der Waals surface area contributed by atoms with E-state index in [0.29, 0.717) is 11.3 Å². The highest BCUT2D eigenvalue weighted by molar-refractivity contribution is 6.53. The zero-order valence-electron chi connectivity index (χ0n) is 18.8. The molecule has 0 aliphatic carbocycles. The third-order valence-corrected chi connectivity index (χ3v) is 5.83. The van der Waals surface area contributed by atoms with Gasteiger partial charge in [0, 0.05) is 24.3 Å². The van der Waals surface area contributed by atoms with Crippen LogP contribution in [0.15, 0.2) is 59.3 Å². The molecule has 2 aliphatic rings. The molecule has 0 unspecified atom stereocenters. The molecule has 0 spiro atoms. The summed E-state index contributed by atoms with van der Waals surface area (Å²) >= 11 is 6.23. The van der Waals surface area contributed by atoms with Gasteiger partial charge in [0.2, 0.25) is 0 Å². The van der Waals surface area contributed by atoms with Gasteiger partial charge in [0.15, 0.2) is 0 Å². The van der Waals surface area contributed by atoms with Gasteiger partial charge in [-0.25, -0.2) is 9.69 Å². The second-order valence-electron chi connectivity index (χ2n) is 8.34. The number of carbonyl (C=O) groups is 4. The van der Waals surface area contributed by atoms with Gasteiger partial charge < -0.3 is 15.0 Å². The molecular formula is C25H24ClN3O5. The number of nitrogens with zero attached hydrogens (tertiary/aromatic N) is 2. The second kappa shape index (κ2) is 9.69. The van der Waals surface area contributed by atoms with Crippen molar-refractivity contribution in [3.05, 3.63) is 70.4 Å². The topological polar surface area (TPSA) is 96.0 Å². The van der Waals surface area contributed by atoms with Crippen LogP contribution in [-0.4, -0.2) is 47.8 Å². The lowest BCUT2D eigenvalue weighted by Gasteiger charge is -2.17. The predicted octanol–water partition coefficient (Wildman–Crippen LogP) is 3.92. The Morgan fingerprint density at radius 3 is 2.35 bits per heavy atom. The van der Waals surface area contributed by atoms with Gasteiger partial charge >= 0.3 is 5.97 Å². The van der Waals surface area contributed by atoms with E-state index in [9.17, 15) is 19.2 Å². The van der Waals surface area contributed by atoms with Crippen LogP contribution in [0, 0.1) is 0 Å². The van der Waals surface area contributed by atoms with Crippen LogP contribution >= 0.6 is 11.6 Å². The monoisotopic (exact) mass is 481 g/mol. The van der Waals surface area contributed by atoms with Crippen molar-refractivity contribution in [3.63, 3.8) is 0 Å². The van der Waals surface area contributed by atoms with E-state index in [1.165, 1.54) is 18.2 Å². The first kappa shape index (κ1) is 23.5. The van der Waals surface area contributed by atoms with Crippen LogP contribution < -0.4 is 10.2 Å². The van der Waals surface area contributed by atoms with Crippen LogP contribution in [0.1, 0.15) is 47.4 Å². The zero-order valence-corrected chi connectivity index (χ0v) is 19.6. The van der Waals surface area contributed by atoms with Crippen LogP contribution in [-0.2, 0) is 14.3 Å². The lowest BCUT2D eigenvalue weighted by molar-refractivity contribution is -0.120. The Morgan fingerprint density at radius 2 is 1.65 bits per heavy atom. The lowest BCUT2D eigenvalue weighted by atomic mass is 10.1. The summed E-state index contributed by atoms with van der Waals surface area (Å²) in [7, 11) is 0. The Balaban J connectivity index is 1.55. The lowest BCUT2D eigenvalue weighted by Crippen LogP contribution is -2.32. The minimum Gasteiger partial charge on any atom is -0.459 e. The van der Waals surface area contributed by atoms with Crippen molar-refractivity contribution in [2.45, 2.75) is 32.8 Å². The molecule has 0 aromatic heterocycles. The van der Waals surface area contributed by atoms with Crippen molar-refractivity contribution >= 4 is 46.7 Å². The number of halogens is 1. The molecule has 4 rings (SSSR count). The summed E-state index contributed by atoms with van der Waals surface area (Å²) in [4.78, 5) is 53.6. The molecule has 2 aliphatic heterocycles. The van der Waals surface area contributed by atoms with E-state index < -0.39 is 17.8 Å². The molecule has 3 amide bonds. The third-order valence-electron chi connectivity index (χ3n) is 5.48. The highest BCUT2D eigenvalue weighted by atomic mass is 35.5. The zero-order chi connectivity index (χ0) is 24.4. The maximum Gasteiger partial charge on any atom is 0.338 e. The number of ether oxygens (including phenoxy) is 1. The van der Waals surface area contributed by atoms with Gasteiger partial charge in [-0.2, -0.15) is 0 Å². The van der Waals surface area contributed by atoms with Crippen molar-refractivity contribution < 1.29 is 23.9 Å². The second-order valence-corrected chi connectivity index (χ2v) is 8.72. The number of imide groups is 1. The first-order chi connectivity index (χ1) is 16.3. The van der Waals surface area contributed by atoms with E-state index in [4.69, 9.17) is 16.3 Å². The van der Waals surface area contributed by atoms with E-state index >= 15 is 0 Å². The minimum atomic E-state index is -0.715. The Bertz CT molecular complexity index is 1200. The molecule has 1 N–H and O–H groups in total. The smallest absolute Gasteiger partial charge is 0.338 e. The molecule has 2 heterocycles. The molecule has 1 fully saturated rings. The summed E-state index contributed by atoms with van der Waals surface area (Å²) < 4.78 is 5.19. The molecular weight excluding hydrogens is 458 g/mol. The van der Waals surface area contributed by atoms with Crippen molar-refractivity contribution in [3.8, 4) is 0 Å².